The quantitative estimate of drug-likeness (QED) is 0.146. The molecule has 12 heteroatoms. The fraction of sp³-hybridized carbons (Fsp3) is 0.737. The van der Waals surface area contributed by atoms with Crippen molar-refractivity contribution in [1.82, 2.24) is 16.0 Å². The summed E-state index contributed by atoms with van der Waals surface area (Å²) < 4.78 is 0. The lowest BCUT2D eigenvalue weighted by Crippen LogP contribution is -2.56. The van der Waals surface area contributed by atoms with Gasteiger partial charge in [-0.1, -0.05) is 13.8 Å². The molecule has 0 aliphatic heterocycles. The second-order valence-corrected chi connectivity index (χ2v) is 7.81. The first-order chi connectivity index (χ1) is 14.4. The van der Waals surface area contributed by atoms with E-state index < -0.39 is 60.2 Å². The summed E-state index contributed by atoms with van der Waals surface area (Å²) in [5, 5.41) is 25.0. The number of amides is 3. The molecule has 0 fully saturated rings. The Labute approximate surface area is 181 Å². The van der Waals surface area contributed by atoms with Crippen molar-refractivity contribution in [3.8, 4) is 0 Å². The van der Waals surface area contributed by atoms with E-state index in [1.807, 2.05) is 13.8 Å². The average molecular weight is 446 g/mol. The van der Waals surface area contributed by atoms with Crippen molar-refractivity contribution in [3.05, 3.63) is 0 Å². The van der Waals surface area contributed by atoms with Crippen LogP contribution < -0.4 is 27.4 Å². The van der Waals surface area contributed by atoms with Crippen molar-refractivity contribution in [1.29, 1.82) is 0 Å². The van der Waals surface area contributed by atoms with E-state index in [-0.39, 0.29) is 12.3 Å². The minimum Gasteiger partial charge on any atom is -0.481 e. The molecule has 31 heavy (non-hydrogen) atoms. The number of nitrogens with one attached hydrogen (secondary N) is 3. The topological polar surface area (TPSA) is 214 Å². The molecule has 0 aromatic heterocycles. The molecule has 0 spiro atoms. The Kier molecular flexibility index (Phi) is 13.0. The van der Waals surface area contributed by atoms with Crippen molar-refractivity contribution in [2.75, 3.05) is 6.54 Å². The van der Waals surface area contributed by atoms with E-state index in [2.05, 4.69) is 16.0 Å². The van der Waals surface area contributed by atoms with Gasteiger partial charge in [0.15, 0.2) is 0 Å². The van der Waals surface area contributed by atoms with Crippen molar-refractivity contribution in [2.24, 2.45) is 17.4 Å². The fourth-order valence-electron chi connectivity index (χ4n) is 2.71. The third-order valence-corrected chi connectivity index (χ3v) is 4.39. The number of hydrogen-bond donors (Lipinski definition) is 7. The van der Waals surface area contributed by atoms with Crippen molar-refractivity contribution in [2.45, 2.75) is 77.0 Å². The summed E-state index contributed by atoms with van der Waals surface area (Å²) in [5.41, 5.74) is 11.2. The molecule has 4 unspecified atom stereocenters. The molecule has 0 radical (unpaired) electrons. The van der Waals surface area contributed by atoms with Gasteiger partial charge in [0.05, 0.1) is 12.5 Å². The summed E-state index contributed by atoms with van der Waals surface area (Å²) in [6.07, 6.45) is 0.802. The van der Waals surface area contributed by atoms with Gasteiger partial charge < -0.3 is 37.6 Å². The van der Waals surface area contributed by atoms with Crippen molar-refractivity contribution in [3.63, 3.8) is 0 Å². The van der Waals surface area contributed by atoms with Crippen LogP contribution in [0.3, 0.4) is 0 Å². The largest absolute Gasteiger partial charge is 0.481 e. The number of carboxylic acid groups (broad SMARTS) is 2. The van der Waals surface area contributed by atoms with E-state index in [1.54, 1.807) is 0 Å². The van der Waals surface area contributed by atoms with E-state index in [4.69, 9.17) is 21.7 Å². The maximum absolute atomic E-state index is 12.5. The zero-order valence-electron chi connectivity index (χ0n) is 18.2. The molecule has 0 aromatic rings. The Morgan fingerprint density at radius 2 is 1.42 bits per heavy atom. The minimum absolute atomic E-state index is 0.154. The van der Waals surface area contributed by atoms with Gasteiger partial charge in [-0.3, -0.25) is 19.2 Å². The van der Waals surface area contributed by atoms with Gasteiger partial charge in [-0.2, -0.15) is 0 Å². The summed E-state index contributed by atoms with van der Waals surface area (Å²) >= 11 is 0. The van der Waals surface area contributed by atoms with Crippen LogP contribution in [0.15, 0.2) is 0 Å². The predicted molar refractivity (Wildman–Crippen MR) is 112 cm³/mol. The van der Waals surface area contributed by atoms with E-state index in [0.29, 0.717) is 25.8 Å². The van der Waals surface area contributed by atoms with Gasteiger partial charge in [0.1, 0.15) is 18.1 Å². The molecule has 3 amide bonds. The van der Waals surface area contributed by atoms with Crippen molar-refractivity contribution >= 4 is 29.7 Å². The Hall–Kier alpha value is -2.73. The first kappa shape index (κ1) is 28.3. The number of carboxylic acids is 2. The third kappa shape index (κ3) is 11.9. The summed E-state index contributed by atoms with van der Waals surface area (Å²) in [4.78, 5) is 59.1. The van der Waals surface area contributed by atoms with E-state index in [9.17, 15) is 24.0 Å². The summed E-state index contributed by atoms with van der Waals surface area (Å²) in [7, 11) is 0. The molecule has 0 saturated carbocycles. The monoisotopic (exact) mass is 445 g/mol. The van der Waals surface area contributed by atoms with Gasteiger partial charge in [0, 0.05) is 0 Å². The summed E-state index contributed by atoms with van der Waals surface area (Å²) in [6, 6.07) is -4.56. The van der Waals surface area contributed by atoms with Gasteiger partial charge in [-0.15, -0.1) is 0 Å². The van der Waals surface area contributed by atoms with Gasteiger partial charge in [-0.25, -0.2) is 4.79 Å². The van der Waals surface area contributed by atoms with E-state index in [0.717, 1.165) is 0 Å². The Bertz CT molecular complexity index is 641. The fourth-order valence-corrected chi connectivity index (χ4v) is 2.71. The van der Waals surface area contributed by atoms with Crippen LogP contribution >= 0.6 is 0 Å². The molecule has 12 nitrogen and oxygen atoms in total. The molecular weight excluding hydrogens is 410 g/mol. The molecule has 4 atom stereocenters. The maximum atomic E-state index is 12.5. The molecule has 0 aliphatic rings. The highest BCUT2D eigenvalue weighted by atomic mass is 16.4. The van der Waals surface area contributed by atoms with Gasteiger partial charge in [-0.05, 0) is 45.1 Å². The SMILES string of the molecule is CC(C)CC(N)C(=O)NC(C)C(=O)NC(CCCCN)C(=O)NC(CC(=O)O)C(=O)O. The molecule has 0 rings (SSSR count). The highest BCUT2D eigenvalue weighted by molar-refractivity contribution is 5.94. The van der Waals surface area contributed by atoms with Crippen LogP contribution in [0, 0.1) is 5.92 Å². The lowest BCUT2D eigenvalue weighted by Gasteiger charge is -2.23. The van der Waals surface area contributed by atoms with Gasteiger partial charge in [0.2, 0.25) is 17.7 Å². The zero-order valence-corrected chi connectivity index (χ0v) is 18.2. The molecule has 9 N–H and O–H groups in total. The standard InChI is InChI=1S/C19H35N5O7/c1-10(2)8-12(21)17(28)22-11(3)16(27)23-13(6-4-5-7-20)18(29)24-14(19(30)31)9-15(25)26/h10-14H,4-9,20-21H2,1-3H3,(H,22,28)(H,23,27)(H,24,29)(H,25,26)(H,30,31). The number of carbonyl (C=O) groups is 5. The van der Waals surface area contributed by atoms with Crippen LogP contribution in [0.25, 0.3) is 0 Å². The van der Waals surface area contributed by atoms with Crippen LogP contribution in [-0.4, -0.2) is 70.6 Å². The maximum Gasteiger partial charge on any atom is 0.326 e. The second kappa shape index (κ2) is 14.3. The lowest BCUT2D eigenvalue weighted by atomic mass is 10.0. The highest BCUT2D eigenvalue weighted by Crippen LogP contribution is 2.05. The van der Waals surface area contributed by atoms with Crippen molar-refractivity contribution < 1.29 is 34.2 Å². The molecule has 0 aliphatic carbocycles. The van der Waals surface area contributed by atoms with Gasteiger partial charge in [0.25, 0.3) is 0 Å². The highest BCUT2D eigenvalue weighted by Gasteiger charge is 2.29. The number of nitrogens with two attached hydrogens (primary N) is 2. The molecular formula is C19H35N5O7. The Balaban J connectivity index is 5.12. The first-order valence-electron chi connectivity index (χ1n) is 10.2. The normalized spacial score (nSPS) is 14.8. The molecule has 0 bridgehead atoms. The van der Waals surface area contributed by atoms with Crippen LogP contribution in [-0.2, 0) is 24.0 Å². The second-order valence-electron chi connectivity index (χ2n) is 7.81. The lowest BCUT2D eigenvalue weighted by molar-refractivity contribution is -0.147. The van der Waals surface area contributed by atoms with Crippen LogP contribution in [0.5, 0.6) is 0 Å². The van der Waals surface area contributed by atoms with E-state index in [1.165, 1.54) is 6.92 Å². The predicted octanol–water partition coefficient (Wildman–Crippen LogP) is -1.48. The molecule has 0 aromatic carbocycles. The first-order valence-corrected chi connectivity index (χ1v) is 10.2. The summed E-state index contributed by atoms with van der Waals surface area (Å²) in [5.74, 6) is -4.73. The van der Waals surface area contributed by atoms with Gasteiger partial charge >= 0.3 is 11.9 Å². The number of rotatable bonds is 15. The summed E-state index contributed by atoms with van der Waals surface area (Å²) in [6.45, 7) is 5.60. The van der Waals surface area contributed by atoms with Crippen LogP contribution in [0.2, 0.25) is 0 Å². The zero-order chi connectivity index (χ0) is 24.1. The molecule has 178 valence electrons. The molecule has 0 heterocycles. The smallest absolute Gasteiger partial charge is 0.326 e. The third-order valence-electron chi connectivity index (χ3n) is 4.39. The van der Waals surface area contributed by atoms with Crippen LogP contribution in [0.1, 0.15) is 52.9 Å². The minimum atomic E-state index is -1.65. The molecule has 0 saturated heterocycles. The number of unbranched alkanes of at least 4 members (excludes halogenated alkanes) is 1. The Morgan fingerprint density at radius 1 is 0.839 bits per heavy atom. The Morgan fingerprint density at radius 3 is 1.90 bits per heavy atom. The average Bonchev–Trinajstić information content (AvgIpc) is 2.65. The number of aliphatic carboxylic acids is 2. The number of carbonyl (C=O) groups excluding carboxylic acids is 3. The number of hydrogen-bond acceptors (Lipinski definition) is 7. The van der Waals surface area contributed by atoms with Crippen LogP contribution in [0.4, 0.5) is 0 Å². The van der Waals surface area contributed by atoms with E-state index >= 15 is 0 Å².